The van der Waals surface area contributed by atoms with Crippen molar-refractivity contribution in [3.63, 3.8) is 0 Å². The number of hydrogen-bond donors (Lipinski definition) is 0. The van der Waals surface area contributed by atoms with Crippen molar-refractivity contribution in [2.24, 2.45) is 0 Å². The zero-order chi connectivity index (χ0) is 11.9. The first kappa shape index (κ1) is 11.5. The molecule has 0 atom stereocenters. The monoisotopic (exact) mass is 223 g/mol. The SMILES string of the molecule is O=CC#CC#CCN1CCc2ccccc2C1. The summed E-state index contributed by atoms with van der Waals surface area (Å²) in [5, 5.41) is 0. The summed E-state index contributed by atoms with van der Waals surface area (Å²) in [6.07, 6.45) is 1.64. The second kappa shape index (κ2) is 5.89. The maximum atomic E-state index is 9.96. The van der Waals surface area contributed by atoms with E-state index in [1.54, 1.807) is 0 Å². The fraction of sp³-hybridized carbons (Fsp3) is 0.267. The number of rotatable bonds is 1. The van der Waals surface area contributed by atoms with E-state index in [0.717, 1.165) is 19.5 Å². The van der Waals surface area contributed by atoms with E-state index in [2.05, 4.69) is 52.8 Å². The van der Waals surface area contributed by atoms with Gasteiger partial charge in [0.1, 0.15) is 0 Å². The van der Waals surface area contributed by atoms with Gasteiger partial charge in [0.15, 0.2) is 6.29 Å². The molecule has 0 amide bonds. The summed E-state index contributed by atoms with van der Waals surface area (Å²) in [5.74, 6) is 10.4. The van der Waals surface area contributed by atoms with Gasteiger partial charge in [-0.05, 0) is 35.3 Å². The topological polar surface area (TPSA) is 20.3 Å². The van der Waals surface area contributed by atoms with Crippen molar-refractivity contribution in [2.75, 3.05) is 13.1 Å². The average Bonchev–Trinajstić information content (AvgIpc) is 2.38. The zero-order valence-corrected chi connectivity index (χ0v) is 9.57. The fourth-order valence-electron chi connectivity index (χ4n) is 1.95. The minimum Gasteiger partial charge on any atom is -0.289 e. The first-order chi connectivity index (χ1) is 8.40. The first-order valence-electron chi connectivity index (χ1n) is 5.61. The van der Waals surface area contributed by atoms with Crippen molar-refractivity contribution in [2.45, 2.75) is 13.0 Å². The maximum Gasteiger partial charge on any atom is 0.193 e. The Hall–Kier alpha value is -2.03. The number of aldehydes is 1. The predicted molar refractivity (Wildman–Crippen MR) is 67.0 cm³/mol. The molecular weight excluding hydrogens is 210 g/mol. The lowest BCUT2D eigenvalue weighted by molar-refractivity contribution is -0.103. The van der Waals surface area contributed by atoms with Gasteiger partial charge in [-0.2, -0.15) is 0 Å². The van der Waals surface area contributed by atoms with Crippen molar-refractivity contribution in [1.82, 2.24) is 4.90 Å². The van der Waals surface area contributed by atoms with E-state index in [9.17, 15) is 4.79 Å². The van der Waals surface area contributed by atoms with Gasteiger partial charge in [0.25, 0.3) is 0 Å². The van der Waals surface area contributed by atoms with Gasteiger partial charge in [-0.1, -0.05) is 30.2 Å². The van der Waals surface area contributed by atoms with E-state index in [1.807, 2.05) is 0 Å². The molecule has 0 bridgehead atoms. The molecule has 1 aromatic carbocycles. The van der Waals surface area contributed by atoms with Crippen LogP contribution in [-0.2, 0) is 17.8 Å². The summed E-state index contributed by atoms with van der Waals surface area (Å²) >= 11 is 0. The molecule has 1 heterocycles. The van der Waals surface area contributed by atoms with E-state index >= 15 is 0 Å². The smallest absolute Gasteiger partial charge is 0.193 e. The van der Waals surface area contributed by atoms with Gasteiger partial charge in [0.05, 0.1) is 6.54 Å². The molecule has 0 aromatic heterocycles. The van der Waals surface area contributed by atoms with Crippen LogP contribution in [0.2, 0.25) is 0 Å². The Bertz CT molecular complexity index is 525. The lowest BCUT2D eigenvalue weighted by Crippen LogP contribution is -2.30. The minimum absolute atomic E-state index is 0.561. The number of nitrogens with zero attached hydrogens (tertiary/aromatic N) is 1. The van der Waals surface area contributed by atoms with Crippen LogP contribution in [0.4, 0.5) is 0 Å². The summed E-state index contributed by atoms with van der Waals surface area (Å²) < 4.78 is 0. The highest BCUT2D eigenvalue weighted by atomic mass is 16.1. The normalized spacial score (nSPS) is 13.6. The van der Waals surface area contributed by atoms with Crippen LogP contribution < -0.4 is 0 Å². The molecule has 0 radical (unpaired) electrons. The Kier molecular flexibility index (Phi) is 3.97. The molecule has 0 aliphatic carbocycles. The zero-order valence-electron chi connectivity index (χ0n) is 9.57. The van der Waals surface area contributed by atoms with Crippen LogP contribution in [0.5, 0.6) is 0 Å². The summed E-state index contributed by atoms with van der Waals surface area (Å²) in [5.41, 5.74) is 2.83. The summed E-state index contributed by atoms with van der Waals surface area (Å²) in [4.78, 5) is 12.2. The molecule has 2 rings (SSSR count). The number of fused-ring (bicyclic) bond motifs is 1. The van der Waals surface area contributed by atoms with Gasteiger partial charge in [-0.25, -0.2) is 0 Å². The van der Waals surface area contributed by atoms with Crippen LogP contribution in [0.15, 0.2) is 24.3 Å². The molecule has 0 N–H and O–H groups in total. The van der Waals surface area contributed by atoms with Crippen molar-refractivity contribution >= 4 is 6.29 Å². The van der Waals surface area contributed by atoms with Crippen molar-refractivity contribution in [3.05, 3.63) is 35.4 Å². The molecule has 17 heavy (non-hydrogen) atoms. The highest BCUT2D eigenvalue weighted by molar-refractivity contribution is 5.73. The van der Waals surface area contributed by atoms with E-state index < -0.39 is 0 Å². The van der Waals surface area contributed by atoms with E-state index in [-0.39, 0.29) is 0 Å². The number of carbonyl (C=O) groups is 1. The second-order valence-corrected chi connectivity index (χ2v) is 3.92. The van der Waals surface area contributed by atoms with Crippen LogP contribution in [0.25, 0.3) is 0 Å². The van der Waals surface area contributed by atoms with Crippen LogP contribution in [0.3, 0.4) is 0 Å². The lowest BCUT2D eigenvalue weighted by atomic mass is 10.0. The summed E-state index contributed by atoms with van der Waals surface area (Å²) in [6, 6.07) is 8.52. The Morgan fingerprint density at radius 1 is 1.24 bits per heavy atom. The van der Waals surface area contributed by atoms with Crippen LogP contribution in [0.1, 0.15) is 11.1 Å². The molecule has 84 valence electrons. The maximum absolute atomic E-state index is 9.96. The van der Waals surface area contributed by atoms with Gasteiger partial charge in [-0.15, -0.1) is 0 Å². The average molecular weight is 223 g/mol. The van der Waals surface area contributed by atoms with Crippen molar-refractivity contribution in [1.29, 1.82) is 0 Å². The number of hydrogen-bond acceptors (Lipinski definition) is 2. The highest BCUT2D eigenvalue weighted by Gasteiger charge is 2.13. The van der Waals surface area contributed by atoms with E-state index in [1.165, 1.54) is 11.1 Å². The number of benzene rings is 1. The molecule has 2 heteroatoms. The van der Waals surface area contributed by atoms with Crippen LogP contribution in [0, 0.1) is 23.7 Å². The Balaban J connectivity index is 1.94. The Morgan fingerprint density at radius 2 is 2.06 bits per heavy atom. The molecule has 1 aliphatic rings. The standard InChI is InChI=1S/C15H13NO/c17-12-6-2-1-5-10-16-11-9-14-7-3-4-8-15(14)13-16/h3-4,7-8,12H,9-11,13H2. The molecule has 0 fully saturated rings. The Labute approximate surface area is 102 Å². The lowest BCUT2D eigenvalue weighted by Gasteiger charge is -2.26. The largest absolute Gasteiger partial charge is 0.289 e. The third kappa shape index (κ3) is 3.21. The van der Waals surface area contributed by atoms with E-state index in [0.29, 0.717) is 12.8 Å². The third-order valence-electron chi connectivity index (χ3n) is 2.79. The fourth-order valence-corrected chi connectivity index (χ4v) is 1.95. The highest BCUT2D eigenvalue weighted by Crippen LogP contribution is 2.17. The molecule has 0 unspecified atom stereocenters. The Morgan fingerprint density at radius 3 is 2.88 bits per heavy atom. The van der Waals surface area contributed by atoms with E-state index in [4.69, 9.17) is 0 Å². The molecular formula is C15H13NO. The van der Waals surface area contributed by atoms with Gasteiger partial charge in [-0.3, -0.25) is 9.69 Å². The molecule has 0 spiro atoms. The predicted octanol–water partition coefficient (Wildman–Crippen LogP) is 1.25. The van der Waals surface area contributed by atoms with Gasteiger partial charge in [0, 0.05) is 13.1 Å². The third-order valence-corrected chi connectivity index (χ3v) is 2.79. The quantitative estimate of drug-likeness (QED) is 0.527. The van der Waals surface area contributed by atoms with Gasteiger partial charge >= 0.3 is 0 Å². The molecule has 2 nitrogen and oxygen atoms in total. The first-order valence-corrected chi connectivity index (χ1v) is 5.61. The molecule has 1 aromatic rings. The minimum atomic E-state index is 0.561. The van der Waals surface area contributed by atoms with Crippen molar-refractivity contribution in [3.8, 4) is 23.7 Å². The molecule has 0 saturated heterocycles. The van der Waals surface area contributed by atoms with Gasteiger partial charge < -0.3 is 0 Å². The van der Waals surface area contributed by atoms with Gasteiger partial charge in [0.2, 0.25) is 0 Å². The summed E-state index contributed by atoms with van der Waals surface area (Å²) in [6.45, 7) is 2.70. The second-order valence-electron chi connectivity index (χ2n) is 3.92. The molecule has 0 saturated carbocycles. The van der Waals surface area contributed by atoms with Crippen LogP contribution in [-0.4, -0.2) is 24.3 Å². The number of carbonyl (C=O) groups excluding carboxylic acids is 1. The molecule has 1 aliphatic heterocycles. The summed E-state index contributed by atoms with van der Waals surface area (Å²) in [7, 11) is 0. The van der Waals surface area contributed by atoms with Crippen molar-refractivity contribution < 1.29 is 4.79 Å². The van der Waals surface area contributed by atoms with Crippen LogP contribution >= 0.6 is 0 Å².